The molecule has 0 amide bonds. The summed E-state index contributed by atoms with van der Waals surface area (Å²) < 4.78 is 0. The van der Waals surface area contributed by atoms with E-state index >= 15 is 0 Å². The number of anilines is 3. The highest BCUT2D eigenvalue weighted by Gasteiger charge is 2.06. The van der Waals surface area contributed by atoms with Gasteiger partial charge in [-0.2, -0.15) is 15.8 Å². The number of rotatable bonds is 1. The van der Waals surface area contributed by atoms with Crippen molar-refractivity contribution >= 4 is 49.4 Å². The normalized spacial score (nSPS) is 8.21. The van der Waals surface area contributed by atoms with E-state index in [2.05, 4.69) is 20.3 Å². The molecule has 120 valence electrons. The van der Waals surface area contributed by atoms with Gasteiger partial charge in [0.1, 0.15) is 17.0 Å². The fourth-order valence-electron chi connectivity index (χ4n) is 1.06. The summed E-state index contributed by atoms with van der Waals surface area (Å²) in [5, 5.41) is 32.4. The molecule has 0 fully saturated rings. The monoisotopic (exact) mass is 375 g/mol. The minimum absolute atomic E-state index is 0.116. The van der Waals surface area contributed by atoms with Crippen LogP contribution in [0.3, 0.4) is 0 Å². The summed E-state index contributed by atoms with van der Waals surface area (Å²) in [4.78, 5) is 11.4. The van der Waals surface area contributed by atoms with E-state index < -0.39 is 0 Å². The van der Waals surface area contributed by atoms with Gasteiger partial charge in [0.25, 0.3) is 0 Å². The second kappa shape index (κ2) is 10.5. The Balaban J connectivity index is 0.000000186. The third kappa shape index (κ3) is 6.68. The zero-order valence-corrected chi connectivity index (χ0v) is 14.3. The Kier molecular flexibility index (Phi) is 8.21. The van der Waals surface area contributed by atoms with E-state index in [9.17, 15) is 0 Å². The molecule has 24 heavy (non-hydrogen) atoms. The van der Waals surface area contributed by atoms with Crippen molar-refractivity contribution < 1.29 is 0 Å². The summed E-state index contributed by atoms with van der Waals surface area (Å²) in [5.74, 6) is 0. The van der Waals surface area contributed by atoms with Crippen molar-refractivity contribution in [2.45, 2.75) is 0 Å². The number of hydrogen-bond acceptors (Lipinski definition) is 12. The minimum atomic E-state index is 0.116. The second-order valence-electron chi connectivity index (χ2n) is 3.40. The average Bonchev–Trinajstić information content (AvgIpc) is 3.31. The van der Waals surface area contributed by atoms with Gasteiger partial charge in [0, 0.05) is 23.2 Å². The molecule has 3 rings (SSSR count). The predicted molar refractivity (Wildman–Crippen MR) is 93.8 cm³/mol. The van der Waals surface area contributed by atoms with Crippen LogP contribution in [0.5, 0.6) is 0 Å². The lowest BCUT2D eigenvalue weighted by atomic mass is 10.4. The van der Waals surface area contributed by atoms with Gasteiger partial charge in [-0.05, 0) is 0 Å². The van der Waals surface area contributed by atoms with Gasteiger partial charge in [-0.3, -0.25) is 5.32 Å². The minimum Gasteiger partial charge on any atom is -0.375 e. The van der Waals surface area contributed by atoms with Gasteiger partial charge >= 0.3 is 0 Å². The molecule has 0 saturated carbocycles. The summed E-state index contributed by atoms with van der Waals surface area (Å²) in [5.41, 5.74) is 10.5. The van der Waals surface area contributed by atoms with E-state index in [1.54, 1.807) is 30.0 Å². The molecule has 0 saturated heterocycles. The number of nitrogens with zero attached hydrogens (tertiary/aromatic N) is 6. The first-order chi connectivity index (χ1) is 11.6. The zero-order chi connectivity index (χ0) is 17.8. The largest absolute Gasteiger partial charge is 0.375 e. The number of aromatic nitrogens is 3. The van der Waals surface area contributed by atoms with Crippen LogP contribution in [-0.4, -0.2) is 15.0 Å². The number of nitriles is 3. The Morgan fingerprint density at radius 2 is 1.67 bits per heavy atom. The van der Waals surface area contributed by atoms with Crippen molar-refractivity contribution in [3.63, 3.8) is 0 Å². The first-order valence-corrected chi connectivity index (χ1v) is 8.44. The van der Waals surface area contributed by atoms with E-state index in [4.69, 9.17) is 27.3 Å². The number of nitrogens with two attached hydrogens (primary N) is 2. The van der Waals surface area contributed by atoms with Crippen LogP contribution >= 0.6 is 34.0 Å². The molecule has 9 nitrogen and oxygen atoms in total. The van der Waals surface area contributed by atoms with Crippen molar-refractivity contribution in [3.05, 3.63) is 33.7 Å². The van der Waals surface area contributed by atoms with Crippen LogP contribution in [0.15, 0.2) is 23.2 Å². The molecule has 12 heteroatoms. The Bertz CT molecular complexity index is 816. The molecule has 3 aromatic heterocycles. The van der Waals surface area contributed by atoms with Crippen LogP contribution < -0.4 is 16.8 Å². The van der Waals surface area contributed by atoms with E-state index in [1.165, 1.54) is 22.7 Å². The maximum absolute atomic E-state index is 8.38. The molecule has 0 radical (unpaired) electrons. The van der Waals surface area contributed by atoms with Gasteiger partial charge < -0.3 is 11.5 Å². The van der Waals surface area contributed by atoms with Gasteiger partial charge in [-0.15, -0.1) is 22.7 Å². The third-order valence-corrected chi connectivity index (χ3v) is 3.98. The lowest BCUT2D eigenvalue weighted by molar-refractivity contribution is 1.32. The summed E-state index contributed by atoms with van der Waals surface area (Å²) in [6, 6.07) is 3.58. The lowest BCUT2D eigenvalue weighted by Crippen LogP contribution is -1.82. The quantitative estimate of drug-likeness (QED) is 0.425. The van der Waals surface area contributed by atoms with Crippen LogP contribution in [-0.2, 0) is 0 Å². The van der Waals surface area contributed by atoms with Crippen molar-refractivity contribution in [3.8, 4) is 18.3 Å². The summed E-state index contributed by atoms with van der Waals surface area (Å²) in [7, 11) is 0. The number of thiazole rings is 3. The Hall–Kier alpha value is -3.24. The van der Waals surface area contributed by atoms with Gasteiger partial charge in [0.2, 0.25) is 0 Å². The SMILES string of the molecule is N#CNc1nccs1.N#Cc1nc(N)sc1C#N.Nc1nccs1. The van der Waals surface area contributed by atoms with Crippen molar-refractivity contribution in [2.75, 3.05) is 16.8 Å². The Morgan fingerprint density at radius 3 is 2.04 bits per heavy atom. The highest BCUT2D eigenvalue weighted by Crippen LogP contribution is 2.17. The molecular formula is C12H9N9S3. The molecule has 0 atom stereocenters. The number of hydrogen-bond donors (Lipinski definition) is 3. The first kappa shape index (κ1) is 18.8. The summed E-state index contributed by atoms with van der Waals surface area (Å²) in [6.07, 6.45) is 5.09. The van der Waals surface area contributed by atoms with Gasteiger partial charge in [0.05, 0.1) is 0 Å². The van der Waals surface area contributed by atoms with Gasteiger partial charge in [-0.25, -0.2) is 15.0 Å². The van der Waals surface area contributed by atoms with Crippen LogP contribution in [0.2, 0.25) is 0 Å². The zero-order valence-electron chi connectivity index (χ0n) is 11.9. The van der Waals surface area contributed by atoms with E-state index in [1.807, 2.05) is 11.4 Å². The fourth-order valence-corrected chi connectivity index (χ4v) is 2.50. The fraction of sp³-hybridized carbons (Fsp3) is 0. The molecule has 0 aromatic carbocycles. The molecule has 3 aromatic rings. The van der Waals surface area contributed by atoms with E-state index in [0.29, 0.717) is 10.3 Å². The Morgan fingerprint density at radius 1 is 0.958 bits per heavy atom. The average molecular weight is 375 g/mol. The van der Waals surface area contributed by atoms with Crippen molar-refractivity contribution in [2.24, 2.45) is 0 Å². The highest BCUT2D eigenvalue weighted by molar-refractivity contribution is 7.16. The standard InChI is InChI=1S/C5H2N4S.C4H3N3S.C3H4N2S/c6-1-3-4(2-7)10-5(8)9-3;5-3-7-4-6-1-2-8-4;4-3-5-1-2-6-3/h(H2,8,9);1-2H,(H,6,7);1-2H,(H2,4,5). The molecule has 0 aliphatic rings. The van der Waals surface area contributed by atoms with Crippen LogP contribution in [0.4, 0.5) is 15.4 Å². The lowest BCUT2D eigenvalue weighted by Gasteiger charge is -1.80. The second-order valence-corrected chi connectivity index (χ2v) is 6.25. The van der Waals surface area contributed by atoms with Crippen LogP contribution in [0, 0.1) is 34.1 Å². The molecule has 3 heterocycles. The third-order valence-electron chi connectivity index (χ3n) is 1.90. The van der Waals surface area contributed by atoms with Gasteiger partial charge in [-0.1, -0.05) is 11.3 Å². The van der Waals surface area contributed by atoms with Crippen molar-refractivity contribution in [1.82, 2.24) is 15.0 Å². The molecule has 5 N–H and O–H groups in total. The summed E-state index contributed by atoms with van der Waals surface area (Å²) in [6.45, 7) is 0. The molecule has 0 aliphatic heterocycles. The molecule has 0 aliphatic carbocycles. The van der Waals surface area contributed by atoms with E-state index in [-0.39, 0.29) is 15.7 Å². The molecule has 0 unspecified atom stereocenters. The van der Waals surface area contributed by atoms with Crippen LogP contribution in [0.1, 0.15) is 10.6 Å². The van der Waals surface area contributed by atoms with Crippen molar-refractivity contribution in [1.29, 1.82) is 15.8 Å². The maximum atomic E-state index is 8.38. The molecule has 0 spiro atoms. The Labute approximate surface area is 149 Å². The molecular weight excluding hydrogens is 366 g/mol. The van der Waals surface area contributed by atoms with Crippen LogP contribution in [0.25, 0.3) is 0 Å². The maximum Gasteiger partial charge on any atom is 0.195 e. The summed E-state index contributed by atoms with van der Waals surface area (Å²) >= 11 is 3.87. The smallest absolute Gasteiger partial charge is 0.195 e. The van der Waals surface area contributed by atoms with Gasteiger partial charge in [0.15, 0.2) is 27.3 Å². The predicted octanol–water partition coefficient (Wildman–Crippen LogP) is 2.23. The molecule has 0 bridgehead atoms. The topological polar surface area (TPSA) is 174 Å². The first-order valence-electron chi connectivity index (χ1n) is 5.86. The number of nitrogen functional groups attached to an aromatic ring is 2. The highest BCUT2D eigenvalue weighted by atomic mass is 32.1. The van der Waals surface area contributed by atoms with E-state index in [0.717, 1.165) is 11.3 Å². The number of nitrogens with one attached hydrogen (secondary N) is 1.